The first-order chi connectivity index (χ1) is 7.15. The van der Waals surface area contributed by atoms with Crippen LogP contribution in [0.4, 0.5) is 0 Å². The van der Waals surface area contributed by atoms with Crippen molar-refractivity contribution in [3.05, 3.63) is 0 Å². The molecule has 0 radical (unpaired) electrons. The van der Waals surface area contributed by atoms with Crippen LogP contribution >= 0.6 is 0 Å². The smallest absolute Gasteiger partial charge is 0.237 e. The van der Waals surface area contributed by atoms with Crippen molar-refractivity contribution in [1.29, 1.82) is 0 Å². The van der Waals surface area contributed by atoms with E-state index in [1.54, 1.807) is 0 Å². The molecule has 0 aliphatic carbocycles. The van der Waals surface area contributed by atoms with Crippen molar-refractivity contribution in [2.24, 2.45) is 5.73 Å². The molecule has 88 valence electrons. The van der Waals surface area contributed by atoms with Gasteiger partial charge in [0, 0.05) is 25.7 Å². The first-order valence-electron chi connectivity index (χ1n) is 5.92. The van der Waals surface area contributed by atoms with Gasteiger partial charge in [-0.2, -0.15) is 0 Å². The first kappa shape index (κ1) is 12.5. The minimum Gasteiger partial charge on any atom is -0.355 e. The van der Waals surface area contributed by atoms with Crippen molar-refractivity contribution in [1.82, 2.24) is 10.2 Å². The molecule has 1 aliphatic rings. The third kappa shape index (κ3) is 3.80. The van der Waals surface area contributed by atoms with Gasteiger partial charge in [0.25, 0.3) is 0 Å². The Bertz CT molecular complexity index is 200. The van der Waals surface area contributed by atoms with E-state index in [1.165, 1.54) is 0 Å². The van der Waals surface area contributed by atoms with Crippen molar-refractivity contribution in [2.45, 2.75) is 45.2 Å². The van der Waals surface area contributed by atoms with Crippen LogP contribution in [0.25, 0.3) is 0 Å². The van der Waals surface area contributed by atoms with Crippen molar-refractivity contribution < 1.29 is 4.79 Å². The second kappa shape index (κ2) is 6.08. The lowest BCUT2D eigenvalue weighted by molar-refractivity contribution is -0.126. The molecule has 4 heteroatoms. The maximum Gasteiger partial charge on any atom is 0.237 e. The fourth-order valence-electron chi connectivity index (χ4n) is 1.87. The van der Waals surface area contributed by atoms with E-state index >= 15 is 0 Å². The quantitative estimate of drug-likeness (QED) is 0.707. The molecule has 1 aliphatic heterocycles. The monoisotopic (exact) mass is 213 g/mol. The lowest BCUT2D eigenvalue weighted by Crippen LogP contribution is -2.50. The SMILES string of the molecule is CCCNC(=O)C(C)N1CCC(N)CC1. The summed E-state index contributed by atoms with van der Waals surface area (Å²) in [7, 11) is 0. The van der Waals surface area contributed by atoms with Crippen molar-refractivity contribution in [3.8, 4) is 0 Å². The molecule has 0 spiro atoms. The first-order valence-corrected chi connectivity index (χ1v) is 5.92. The number of piperidine rings is 1. The number of nitrogens with two attached hydrogens (primary N) is 1. The Morgan fingerprint density at radius 1 is 1.53 bits per heavy atom. The molecular formula is C11H23N3O. The van der Waals surface area contributed by atoms with E-state index in [2.05, 4.69) is 17.1 Å². The predicted octanol–water partition coefficient (Wildman–Crippen LogP) is 0.324. The van der Waals surface area contributed by atoms with E-state index < -0.39 is 0 Å². The topological polar surface area (TPSA) is 58.4 Å². The molecule has 0 saturated carbocycles. The van der Waals surface area contributed by atoms with E-state index in [-0.39, 0.29) is 11.9 Å². The van der Waals surface area contributed by atoms with Gasteiger partial charge in [-0.15, -0.1) is 0 Å². The highest BCUT2D eigenvalue weighted by Gasteiger charge is 2.24. The Morgan fingerprint density at radius 3 is 2.67 bits per heavy atom. The Balaban J connectivity index is 2.32. The maximum absolute atomic E-state index is 11.7. The third-order valence-corrected chi connectivity index (χ3v) is 3.05. The van der Waals surface area contributed by atoms with Gasteiger partial charge in [0.1, 0.15) is 0 Å². The van der Waals surface area contributed by atoms with Crippen LogP contribution in [0.3, 0.4) is 0 Å². The highest BCUT2D eigenvalue weighted by atomic mass is 16.2. The minimum atomic E-state index is -0.0101. The van der Waals surface area contributed by atoms with Gasteiger partial charge in [-0.3, -0.25) is 9.69 Å². The molecule has 1 unspecified atom stereocenters. The van der Waals surface area contributed by atoms with Crippen LogP contribution in [0, 0.1) is 0 Å². The summed E-state index contributed by atoms with van der Waals surface area (Å²) < 4.78 is 0. The summed E-state index contributed by atoms with van der Waals surface area (Å²) in [6.07, 6.45) is 3.00. The molecule has 0 aromatic carbocycles. The minimum absolute atomic E-state index is 0.0101. The Morgan fingerprint density at radius 2 is 2.13 bits per heavy atom. The summed E-state index contributed by atoms with van der Waals surface area (Å²) in [4.78, 5) is 13.9. The standard InChI is InChI=1S/C11H23N3O/c1-3-6-13-11(15)9(2)14-7-4-10(12)5-8-14/h9-10H,3-8,12H2,1-2H3,(H,13,15). The normalized spacial score (nSPS) is 21.3. The summed E-state index contributed by atoms with van der Waals surface area (Å²) in [6, 6.07) is 0.316. The van der Waals surface area contributed by atoms with Gasteiger partial charge in [-0.1, -0.05) is 6.92 Å². The van der Waals surface area contributed by atoms with Gasteiger partial charge < -0.3 is 11.1 Å². The summed E-state index contributed by atoms with van der Waals surface area (Å²) in [5.41, 5.74) is 5.83. The van der Waals surface area contributed by atoms with Crippen molar-refractivity contribution >= 4 is 5.91 Å². The zero-order valence-electron chi connectivity index (χ0n) is 9.83. The van der Waals surface area contributed by atoms with Crippen molar-refractivity contribution in [3.63, 3.8) is 0 Å². The molecule has 1 saturated heterocycles. The average molecular weight is 213 g/mol. The highest BCUT2D eigenvalue weighted by Crippen LogP contribution is 2.11. The van der Waals surface area contributed by atoms with E-state index in [9.17, 15) is 4.79 Å². The van der Waals surface area contributed by atoms with Crippen LogP contribution in [-0.4, -0.2) is 42.5 Å². The molecule has 1 rings (SSSR count). The number of hydrogen-bond donors (Lipinski definition) is 2. The fraction of sp³-hybridized carbons (Fsp3) is 0.909. The number of carbonyl (C=O) groups excluding carboxylic acids is 1. The molecule has 1 heterocycles. The average Bonchev–Trinajstić information content (AvgIpc) is 2.26. The molecule has 3 N–H and O–H groups in total. The van der Waals surface area contributed by atoms with Crippen LogP contribution in [0.15, 0.2) is 0 Å². The van der Waals surface area contributed by atoms with Crippen molar-refractivity contribution in [2.75, 3.05) is 19.6 Å². The number of nitrogens with one attached hydrogen (secondary N) is 1. The lowest BCUT2D eigenvalue weighted by atomic mass is 10.0. The van der Waals surface area contributed by atoms with E-state index in [1.807, 2.05) is 6.92 Å². The van der Waals surface area contributed by atoms with Crippen LogP contribution in [0.2, 0.25) is 0 Å². The van der Waals surface area contributed by atoms with Crippen LogP contribution in [-0.2, 0) is 4.79 Å². The number of likely N-dealkylation sites (tertiary alicyclic amines) is 1. The number of rotatable bonds is 4. The van der Waals surface area contributed by atoms with Gasteiger partial charge in [0.05, 0.1) is 6.04 Å². The van der Waals surface area contributed by atoms with Gasteiger partial charge in [-0.25, -0.2) is 0 Å². The molecule has 1 amide bonds. The third-order valence-electron chi connectivity index (χ3n) is 3.05. The number of carbonyl (C=O) groups is 1. The zero-order valence-corrected chi connectivity index (χ0v) is 9.83. The molecule has 4 nitrogen and oxygen atoms in total. The maximum atomic E-state index is 11.7. The fourth-order valence-corrected chi connectivity index (χ4v) is 1.87. The van der Waals surface area contributed by atoms with E-state index in [0.717, 1.165) is 38.9 Å². The molecule has 0 aromatic rings. The van der Waals surface area contributed by atoms with Gasteiger partial charge in [0.15, 0.2) is 0 Å². The highest BCUT2D eigenvalue weighted by molar-refractivity contribution is 5.81. The van der Waals surface area contributed by atoms with Crippen LogP contribution < -0.4 is 11.1 Å². The Kier molecular flexibility index (Phi) is 5.05. The summed E-state index contributed by atoms with van der Waals surface area (Å²) in [5.74, 6) is 0.146. The lowest BCUT2D eigenvalue weighted by Gasteiger charge is -2.33. The second-order valence-electron chi connectivity index (χ2n) is 4.34. The Hall–Kier alpha value is -0.610. The molecular weight excluding hydrogens is 190 g/mol. The van der Waals surface area contributed by atoms with Crippen LogP contribution in [0.5, 0.6) is 0 Å². The van der Waals surface area contributed by atoms with E-state index in [4.69, 9.17) is 5.73 Å². The largest absolute Gasteiger partial charge is 0.355 e. The number of nitrogens with zero attached hydrogens (tertiary/aromatic N) is 1. The predicted molar refractivity (Wildman–Crippen MR) is 61.5 cm³/mol. The van der Waals surface area contributed by atoms with E-state index in [0.29, 0.717) is 6.04 Å². The molecule has 0 aromatic heterocycles. The van der Waals surface area contributed by atoms with Gasteiger partial charge in [0.2, 0.25) is 5.91 Å². The summed E-state index contributed by atoms with van der Waals surface area (Å²) in [6.45, 7) is 6.70. The van der Waals surface area contributed by atoms with Crippen LogP contribution in [0.1, 0.15) is 33.1 Å². The Labute approximate surface area is 92.2 Å². The molecule has 1 fully saturated rings. The number of hydrogen-bond acceptors (Lipinski definition) is 3. The number of amides is 1. The summed E-state index contributed by atoms with van der Waals surface area (Å²) in [5, 5.41) is 2.93. The van der Waals surface area contributed by atoms with Gasteiger partial charge in [-0.05, 0) is 26.2 Å². The zero-order chi connectivity index (χ0) is 11.3. The molecule has 15 heavy (non-hydrogen) atoms. The second-order valence-corrected chi connectivity index (χ2v) is 4.34. The molecule has 1 atom stereocenters. The summed E-state index contributed by atoms with van der Waals surface area (Å²) >= 11 is 0. The van der Waals surface area contributed by atoms with Gasteiger partial charge >= 0.3 is 0 Å². The molecule has 0 bridgehead atoms.